The van der Waals surface area contributed by atoms with Crippen molar-refractivity contribution in [3.05, 3.63) is 84.4 Å². The Labute approximate surface area is 163 Å². The van der Waals surface area contributed by atoms with Gasteiger partial charge in [0.25, 0.3) is 5.91 Å². The fraction of sp³-hybridized carbons (Fsp3) is 0.136. The molecule has 0 saturated heterocycles. The van der Waals surface area contributed by atoms with E-state index in [1.807, 2.05) is 42.5 Å². The Kier molecular flexibility index (Phi) is 6.62. The Morgan fingerprint density at radius 2 is 1.61 bits per heavy atom. The van der Waals surface area contributed by atoms with Gasteiger partial charge in [-0.1, -0.05) is 30.3 Å². The van der Waals surface area contributed by atoms with Gasteiger partial charge in [-0.25, -0.2) is 0 Å². The highest BCUT2D eigenvalue weighted by atomic mass is 16.5. The van der Waals surface area contributed by atoms with Gasteiger partial charge < -0.3 is 25.6 Å². The van der Waals surface area contributed by atoms with Gasteiger partial charge in [-0.15, -0.1) is 0 Å². The predicted octanol–water partition coefficient (Wildman–Crippen LogP) is 3.50. The van der Waals surface area contributed by atoms with Gasteiger partial charge in [0, 0.05) is 17.8 Å². The molecule has 0 aromatic heterocycles. The van der Waals surface area contributed by atoms with E-state index in [4.69, 9.17) is 9.84 Å². The molecular formula is C22H22N2O4. The lowest BCUT2D eigenvalue weighted by Gasteiger charge is -2.13. The number of rotatable bonds is 8. The van der Waals surface area contributed by atoms with Crippen molar-refractivity contribution in [3.8, 4) is 11.5 Å². The molecule has 0 aliphatic carbocycles. The van der Waals surface area contributed by atoms with Crippen molar-refractivity contribution in [1.82, 2.24) is 0 Å². The maximum atomic E-state index is 12.6. The molecule has 0 fully saturated rings. The summed E-state index contributed by atoms with van der Waals surface area (Å²) in [6.07, 6.45) is -0.830. The molecule has 0 heterocycles. The molecule has 3 rings (SSSR count). The van der Waals surface area contributed by atoms with E-state index in [9.17, 15) is 9.90 Å². The number of para-hydroxylation sites is 3. The number of aliphatic hydroxyl groups excluding tert-OH is 2. The van der Waals surface area contributed by atoms with Gasteiger partial charge in [-0.2, -0.15) is 0 Å². The largest absolute Gasteiger partial charge is 0.455 e. The quantitative estimate of drug-likeness (QED) is 0.482. The van der Waals surface area contributed by atoms with Crippen LogP contribution in [0, 0.1) is 0 Å². The van der Waals surface area contributed by atoms with Crippen molar-refractivity contribution in [3.63, 3.8) is 0 Å². The van der Waals surface area contributed by atoms with Crippen LogP contribution in [0.5, 0.6) is 11.5 Å². The molecular weight excluding hydrogens is 356 g/mol. The number of anilines is 2. The smallest absolute Gasteiger partial charge is 0.255 e. The van der Waals surface area contributed by atoms with E-state index < -0.39 is 6.10 Å². The summed E-state index contributed by atoms with van der Waals surface area (Å²) in [6.45, 7) is -0.0792. The third-order valence-electron chi connectivity index (χ3n) is 4.01. The number of amides is 1. The van der Waals surface area contributed by atoms with E-state index in [0.29, 0.717) is 22.7 Å². The highest BCUT2D eigenvalue weighted by Gasteiger charge is 2.11. The van der Waals surface area contributed by atoms with E-state index in [2.05, 4.69) is 10.6 Å². The SMILES string of the molecule is O=C(Nc1ccccc1Oc1ccccc1)c1ccc(NCC(O)CO)cc1. The zero-order valence-electron chi connectivity index (χ0n) is 15.2. The second-order valence-corrected chi connectivity index (χ2v) is 6.16. The van der Waals surface area contributed by atoms with Crippen LogP contribution in [-0.4, -0.2) is 35.4 Å². The second-order valence-electron chi connectivity index (χ2n) is 6.16. The monoisotopic (exact) mass is 378 g/mol. The third kappa shape index (κ3) is 5.33. The molecule has 3 aromatic rings. The highest BCUT2D eigenvalue weighted by molar-refractivity contribution is 6.05. The van der Waals surface area contributed by atoms with Crippen LogP contribution in [0.2, 0.25) is 0 Å². The van der Waals surface area contributed by atoms with E-state index in [1.54, 1.807) is 36.4 Å². The Morgan fingerprint density at radius 1 is 0.929 bits per heavy atom. The van der Waals surface area contributed by atoms with Crippen LogP contribution < -0.4 is 15.4 Å². The van der Waals surface area contributed by atoms with Crippen molar-refractivity contribution >= 4 is 17.3 Å². The fourth-order valence-electron chi connectivity index (χ4n) is 2.51. The number of nitrogens with one attached hydrogen (secondary N) is 2. The molecule has 0 spiro atoms. The zero-order valence-corrected chi connectivity index (χ0v) is 15.2. The minimum Gasteiger partial charge on any atom is -0.455 e. The van der Waals surface area contributed by atoms with E-state index >= 15 is 0 Å². The third-order valence-corrected chi connectivity index (χ3v) is 4.01. The van der Waals surface area contributed by atoms with E-state index in [-0.39, 0.29) is 19.1 Å². The Hall–Kier alpha value is -3.35. The number of aliphatic hydroxyl groups is 2. The van der Waals surface area contributed by atoms with Crippen LogP contribution in [0.3, 0.4) is 0 Å². The molecule has 0 bridgehead atoms. The highest BCUT2D eigenvalue weighted by Crippen LogP contribution is 2.29. The summed E-state index contributed by atoms with van der Waals surface area (Å²) in [5.74, 6) is 0.981. The molecule has 4 N–H and O–H groups in total. The second kappa shape index (κ2) is 9.55. The summed E-state index contributed by atoms with van der Waals surface area (Å²) in [4.78, 5) is 12.6. The molecule has 28 heavy (non-hydrogen) atoms. The molecule has 0 radical (unpaired) electrons. The lowest BCUT2D eigenvalue weighted by molar-refractivity contribution is 0.102. The molecule has 3 aromatic carbocycles. The van der Waals surface area contributed by atoms with Crippen molar-refractivity contribution in [2.75, 3.05) is 23.8 Å². The summed E-state index contributed by atoms with van der Waals surface area (Å²) in [5, 5.41) is 24.1. The first-order valence-corrected chi connectivity index (χ1v) is 8.92. The standard InChI is InChI=1S/C22H22N2O4/c25-15-18(26)14-23-17-12-10-16(11-13-17)22(27)24-20-8-4-5-9-21(20)28-19-6-2-1-3-7-19/h1-13,18,23,25-26H,14-15H2,(H,24,27). The van der Waals surface area contributed by atoms with Gasteiger partial charge in [-0.3, -0.25) is 4.79 Å². The number of ether oxygens (including phenoxy) is 1. The molecule has 0 saturated carbocycles. The molecule has 6 nitrogen and oxygen atoms in total. The number of hydrogen-bond acceptors (Lipinski definition) is 5. The van der Waals surface area contributed by atoms with E-state index in [0.717, 1.165) is 5.69 Å². The first-order valence-electron chi connectivity index (χ1n) is 8.92. The normalized spacial score (nSPS) is 11.5. The van der Waals surface area contributed by atoms with Crippen LogP contribution in [0.15, 0.2) is 78.9 Å². The van der Waals surface area contributed by atoms with Gasteiger partial charge >= 0.3 is 0 Å². The topological polar surface area (TPSA) is 90.8 Å². The van der Waals surface area contributed by atoms with Gasteiger partial charge in [0.05, 0.1) is 18.4 Å². The molecule has 1 unspecified atom stereocenters. The molecule has 1 amide bonds. The first kappa shape index (κ1) is 19.4. The number of carbonyl (C=O) groups is 1. The molecule has 144 valence electrons. The Morgan fingerprint density at radius 3 is 2.32 bits per heavy atom. The molecule has 6 heteroatoms. The van der Waals surface area contributed by atoms with Crippen molar-refractivity contribution in [2.45, 2.75) is 6.10 Å². The maximum absolute atomic E-state index is 12.6. The summed E-state index contributed by atoms with van der Waals surface area (Å²) >= 11 is 0. The first-order chi connectivity index (χ1) is 13.7. The summed E-state index contributed by atoms with van der Waals surface area (Å²) < 4.78 is 5.86. The lowest BCUT2D eigenvalue weighted by atomic mass is 10.2. The number of benzene rings is 3. The summed E-state index contributed by atoms with van der Waals surface area (Å²) in [5.41, 5.74) is 1.81. The average Bonchev–Trinajstić information content (AvgIpc) is 2.74. The van der Waals surface area contributed by atoms with Crippen molar-refractivity contribution in [2.24, 2.45) is 0 Å². The van der Waals surface area contributed by atoms with Gasteiger partial charge in [0.1, 0.15) is 5.75 Å². The number of carbonyl (C=O) groups excluding carboxylic acids is 1. The molecule has 0 aliphatic rings. The fourth-order valence-corrected chi connectivity index (χ4v) is 2.51. The predicted molar refractivity (Wildman–Crippen MR) is 109 cm³/mol. The van der Waals surface area contributed by atoms with Gasteiger partial charge in [0.2, 0.25) is 0 Å². The van der Waals surface area contributed by atoms with Crippen molar-refractivity contribution < 1.29 is 19.7 Å². The summed E-state index contributed by atoms with van der Waals surface area (Å²) in [6, 6.07) is 23.5. The Bertz CT molecular complexity index is 898. The molecule has 1 atom stereocenters. The Balaban J connectivity index is 1.66. The lowest BCUT2D eigenvalue weighted by Crippen LogP contribution is -2.22. The van der Waals surface area contributed by atoms with Gasteiger partial charge in [-0.05, 0) is 48.5 Å². The number of hydrogen-bond donors (Lipinski definition) is 4. The average molecular weight is 378 g/mol. The van der Waals surface area contributed by atoms with Crippen LogP contribution in [-0.2, 0) is 0 Å². The van der Waals surface area contributed by atoms with Gasteiger partial charge in [0.15, 0.2) is 5.75 Å². The maximum Gasteiger partial charge on any atom is 0.255 e. The van der Waals surface area contributed by atoms with Crippen LogP contribution in [0.4, 0.5) is 11.4 Å². The minimum absolute atomic E-state index is 0.228. The molecule has 0 aliphatic heterocycles. The van der Waals surface area contributed by atoms with Crippen molar-refractivity contribution in [1.29, 1.82) is 0 Å². The van der Waals surface area contributed by atoms with Crippen LogP contribution >= 0.6 is 0 Å². The summed E-state index contributed by atoms with van der Waals surface area (Å²) in [7, 11) is 0. The van der Waals surface area contributed by atoms with Crippen LogP contribution in [0.1, 0.15) is 10.4 Å². The van der Waals surface area contributed by atoms with E-state index in [1.165, 1.54) is 0 Å². The minimum atomic E-state index is -0.830. The zero-order chi connectivity index (χ0) is 19.8. The van der Waals surface area contributed by atoms with Crippen LogP contribution in [0.25, 0.3) is 0 Å².